The number of benzene rings is 1. The largest absolute Gasteiger partial charge is 0.484 e. The average molecular weight is 325 g/mol. The van der Waals surface area contributed by atoms with Gasteiger partial charge < -0.3 is 10.1 Å². The van der Waals surface area contributed by atoms with Crippen molar-refractivity contribution in [2.45, 2.75) is 38.6 Å². The van der Waals surface area contributed by atoms with Gasteiger partial charge in [-0.05, 0) is 37.0 Å². The molecule has 5 nitrogen and oxygen atoms in total. The van der Waals surface area contributed by atoms with Gasteiger partial charge >= 0.3 is 0 Å². The molecule has 1 aromatic rings. The molecule has 1 aliphatic heterocycles. The van der Waals surface area contributed by atoms with E-state index in [0.717, 1.165) is 5.56 Å². The third-order valence-electron chi connectivity index (χ3n) is 3.84. The second-order valence-electron chi connectivity index (χ2n) is 6.47. The first-order chi connectivity index (χ1) is 10.2. The van der Waals surface area contributed by atoms with Gasteiger partial charge in [-0.15, -0.1) is 0 Å². The number of hydrogen-bond acceptors (Lipinski definition) is 4. The maximum absolute atomic E-state index is 12.0. The molecule has 22 heavy (non-hydrogen) atoms. The third-order valence-corrected chi connectivity index (χ3v) is 5.74. The highest BCUT2D eigenvalue weighted by Crippen LogP contribution is 2.23. The van der Waals surface area contributed by atoms with Gasteiger partial charge in [-0.25, -0.2) is 8.42 Å². The standard InChI is InChI=1S/C16H23NO4S/c1-12(2)13-5-4-6-14(9-13)21-10-15(18)17-16(3)7-8-22(19,20)11-16/h4-6,9,12H,7-8,10-11H2,1-3H3,(H,17,18). The van der Waals surface area contributed by atoms with Gasteiger partial charge in [0.05, 0.1) is 17.0 Å². The van der Waals surface area contributed by atoms with Crippen molar-refractivity contribution >= 4 is 15.7 Å². The van der Waals surface area contributed by atoms with E-state index in [9.17, 15) is 13.2 Å². The summed E-state index contributed by atoms with van der Waals surface area (Å²) in [4.78, 5) is 12.0. The van der Waals surface area contributed by atoms with Crippen LogP contribution in [0.1, 0.15) is 38.7 Å². The molecule has 122 valence electrons. The fourth-order valence-electron chi connectivity index (χ4n) is 2.59. The molecule has 1 saturated heterocycles. The summed E-state index contributed by atoms with van der Waals surface area (Å²) in [5.74, 6) is 0.857. The molecule has 0 aliphatic carbocycles. The topological polar surface area (TPSA) is 72.5 Å². The van der Waals surface area contributed by atoms with Gasteiger partial charge in [-0.2, -0.15) is 0 Å². The number of nitrogens with one attached hydrogen (secondary N) is 1. The normalized spacial score (nSPS) is 23.5. The van der Waals surface area contributed by atoms with Crippen LogP contribution in [0.5, 0.6) is 5.75 Å². The zero-order valence-corrected chi connectivity index (χ0v) is 14.1. The van der Waals surface area contributed by atoms with Gasteiger partial charge in [0.25, 0.3) is 5.91 Å². The second-order valence-corrected chi connectivity index (χ2v) is 8.65. The van der Waals surface area contributed by atoms with E-state index in [1.807, 2.05) is 18.2 Å². The van der Waals surface area contributed by atoms with Crippen LogP contribution in [0.25, 0.3) is 0 Å². The van der Waals surface area contributed by atoms with Crippen LogP contribution >= 0.6 is 0 Å². The predicted molar refractivity (Wildman–Crippen MR) is 85.8 cm³/mol. The summed E-state index contributed by atoms with van der Waals surface area (Å²) in [7, 11) is -3.04. The molecular weight excluding hydrogens is 302 g/mol. The van der Waals surface area contributed by atoms with Crippen molar-refractivity contribution in [3.63, 3.8) is 0 Å². The van der Waals surface area contributed by atoms with E-state index in [1.54, 1.807) is 13.0 Å². The summed E-state index contributed by atoms with van der Waals surface area (Å²) in [5.41, 5.74) is 0.464. The number of hydrogen-bond donors (Lipinski definition) is 1. The molecule has 1 unspecified atom stereocenters. The summed E-state index contributed by atoms with van der Waals surface area (Å²) in [6, 6.07) is 7.63. The van der Waals surface area contributed by atoms with Crippen molar-refractivity contribution in [1.82, 2.24) is 5.32 Å². The molecule has 0 bridgehead atoms. The fraction of sp³-hybridized carbons (Fsp3) is 0.562. The smallest absolute Gasteiger partial charge is 0.258 e. The lowest BCUT2D eigenvalue weighted by Crippen LogP contribution is -2.48. The Labute approximate surface area is 132 Å². The van der Waals surface area contributed by atoms with Crippen LogP contribution < -0.4 is 10.1 Å². The number of rotatable bonds is 5. The van der Waals surface area contributed by atoms with E-state index in [-0.39, 0.29) is 24.0 Å². The molecule has 1 amide bonds. The molecule has 0 saturated carbocycles. The highest BCUT2D eigenvalue weighted by Gasteiger charge is 2.39. The van der Waals surface area contributed by atoms with E-state index >= 15 is 0 Å². The van der Waals surface area contributed by atoms with Crippen LogP contribution in [-0.2, 0) is 14.6 Å². The number of sulfone groups is 1. The average Bonchev–Trinajstić information content (AvgIpc) is 2.70. The van der Waals surface area contributed by atoms with Gasteiger partial charge in [0, 0.05) is 0 Å². The lowest BCUT2D eigenvalue weighted by atomic mass is 10.0. The Morgan fingerprint density at radius 3 is 2.73 bits per heavy atom. The maximum Gasteiger partial charge on any atom is 0.258 e. The zero-order valence-electron chi connectivity index (χ0n) is 13.3. The van der Waals surface area contributed by atoms with E-state index in [4.69, 9.17) is 4.74 Å². The molecule has 1 atom stereocenters. The van der Waals surface area contributed by atoms with Crippen molar-refractivity contribution in [2.24, 2.45) is 0 Å². The zero-order chi connectivity index (χ0) is 16.4. The Morgan fingerprint density at radius 1 is 1.41 bits per heavy atom. The number of amides is 1. The summed E-state index contributed by atoms with van der Waals surface area (Å²) in [6.07, 6.45) is 0.448. The first-order valence-corrected chi connectivity index (χ1v) is 9.25. The summed E-state index contributed by atoms with van der Waals surface area (Å²) >= 11 is 0. The van der Waals surface area contributed by atoms with Crippen LogP contribution in [0.15, 0.2) is 24.3 Å². The van der Waals surface area contributed by atoms with Crippen molar-refractivity contribution in [3.8, 4) is 5.75 Å². The van der Waals surface area contributed by atoms with Crippen molar-refractivity contribution in [2.75, 3.05) is 18.1 Å². The van der Waals surface area contributed by atoms with Gasteiger partial charge in [0.15, 0.2) is 16.4 Å². The van der Waals surface area contributed by atoms with Crippen LogP contribution in [-0.4, -0.2) is 38.0 Å². The summed E-state index contributed by atoms with van der Waals surface area (Å²) in [5, 5.41) is 2.78. The lowest BCUT2D eigenvalue weighted by Gasteiger charge is -2.23. The Morgan fingerprint density at radius 2 is 2.14 bits per heavy atom. The van der Waals surface area contributed by atoms with E-state index in [1.165, 1.54) is 0 Å². The summed E-state index contributed by atoms with van der Waals surface area (Å²) < 4.78 is 28.6. The maximum atomic E-state index is 12.0. The van der Waals surface area contributed by atoms with E-state index in [0.29, 0.717) is 18.1 Å². The molecule has 6 heteroatoms. The monoisotopic (exact) mass is 325 g/mol. The molecule has 1 N–H and O–H groups in total. The lowest BCUT2D eigenvalue weighted by molar-refractivity contribution is -0.124. The molecule has 0 aromatic heterocycles. The van der Waals surface area contributed by atoms with Crippen molar-refractivity contribution < 1.29 is 17.9 Å². The van der Waals surface area contributed by atoms with E-state index in [2.05, 4.69) is 19.2 Å². The van der Waals surface area contributed by atoms with Crippen LogP contribution in [0.4, 0.5) is 0 Å². The molecule has 0 spiro atoms. The predicted octanol–water partition coefficient (Wildman–Crippen LogP) is 1.88. The number of carbonyl (C=O) groups excluding carboxylic acids is 1. The minimum absolute atomic E-state index is 0.00538. The first kappa shape index (κ1) is 16.8. The van der Waals surface area contributed by atoms with Crippen molar-refractivity contribution in [3.05, 3.63) is 29.8 Å². The van der Waals surface area contributed by atoms with E-state index < -0.39 is 15.4 Å². The van der Waals surface area contributed by atoms with Gasteiger partial charge in [-0.3, -0.25) is 4.79 Å². The molecule has 0 radical (unpaired) electrons. The minimum Gasteiger partial charge on any atom is -0.484 e. The molecule has 2 rings (SSSR count). The number of ether oxygens (including phenoxy) is 1. The summed E-state index contributed by atoms with van der Waals surface area (Å²) in [6.45, 7) is 5.83. The first-order valence-electron chi connectivity index (χ1n) is 7.43. The Bertz CT molecular complexity index is 654. The van der Waals surface area contributed by atoms with Crippen LogP contribution in [0.3, 0.4) is 0 Å². The highest BCUT2D eigenvalue weighted by atomic mass is 32.2. The van der Waals surface area contributed by atoms with Gasteiger partial charge in [-0.1, -0.05) is 26.0 Å². The molecule has 1 fully saturated rings. The van der Waals surface area contributed by atoms with Crippen LogP contribution in [0.2, 0.25) is 0 Å². The molecule has 1 aromatic carbocycles. The second kappa shape index (κ2) is 6.28. The van der Waals surface area contributed by atoms with Gasteiger partial charge in [0.1, 0.15) is 5.75 Å². The Balaban J connectivity index is 1.89. The Kier molecular flexibility index (Phi) is 4.80. The molecule has 1 aliphatic rings. The van der Waals surface area contributed by atoms with Gasteiger partial charge in [0.2, 0.25) is 0 Å². The minimum atomic E-state index is -3.04. The highest BCUT2D eigenvalue weighted by molar-refractivity contribution is 7.91. The quantitative estimate of drug-likeness (QED) is 0.897. The fourth-order valence-corrected chi connectivity index (χ4v) is 4.69. The SMILES string of the molecule is CC(C)c1cccc(OCC(=O)NC2(C)CCS(=O)(=O)C2)c1. The van der Waals surface area contributed by atoms with Crippen molar-refractivity contribution in [1.29, 1.82) is 0 Å². The Hall–Kier alpha value is -1.56. The third kappa shape index (κ3) is 4.47. The molecule has 1 heterocycles. The number of carbonyl (C=O) groups is 1. The molecular formula is C16H23NO4S. The van der Waals surface area contributed by atoms with Crippen LogP contribution in [0, 0.1) is 0 Å².